The SMILES string of the molecule is CC(C)(C)OC(=O)[C@@]1(O)[C@H](CCC#C[Si](C)(C)C)[C@H](c2ccccc2)[C@H]([N+](=O)[O-])[C@@H](c2ccccc2)[C@@H]1[N+](=O)[O-]. The van der Waals surface area contributed by atoms with E-state index in [1.54, 1.807) is 81.4 Å². The van der Waals surface area contributed by atoms with Gasteiger partial charge in [0, 0.05) is 22.2 Å². The van der Waals surface area contributed by atoms with Crippen LogP contribution in [0.15, 0.2) is 60.7 Å². The molecule has 6 atom stereocenters. The van der Waals surface area contributed by atoms with Crippen molar-refractivity contribution >= 4 is 14.0 Å². The minimum atomic E-state index is -2.68. The van der Waals surface area contributed by atoms with Crippen molar-refractivity contribution in [2.45, 2.75) is 88.4 Å². The molecule has 2 aromatic rings. The molecule has 9 nitrogen and oxygen atoms in total. The zero-order valence-corrected chi connectivity index (χ0v) is 24.9. The summed E-state index contributed by atoms with van der Waals surface area (Å²) in [6.45, 7) is 11.0. The number of carbonyl (C=O) groups excluding carboxylic acids is 1. The number of rotatable bonds is 7. The molecular formula is C30H38N2O7Si. The second kappa shape index (κ2) is 11.9. The van der Waals surface area contributed by atoms with Gasteiger partial charge in [-0.15, -0.1) is 11.5 Å². The third-order valence-electron chi connectivity index (χ3n) is 7.13. The number of nitrogens with zero attached hydrogens (tertiary/aromatic N) is 2. The third-order valence-corrected chi connectivity index (χ3v) is 8.06. The predicted octanol–water partition coefficient (Wildman–Crippen LogP) is 5.21. The standard InChI is InChI=1S/C30H38N2O7Si/c1-29(2,3)39-28(33)30(34)23(19-13-14-20-40(4,5)6)24(21-15-9-7-10-16-21)26(31(35)36)25(27(30)32(37)38)22-17-11-8-12-18-22/h7-12,15-18,23-27,34H,13,19H2,1-6H3/t23-,24+,25-,26+,27+,30-/m1/s1. The zero-order chi connectivity index (χ0) is 29.9. The first-order valence-corrected chi connectivity index (χ1v) is 16.9. The van der Waals surface area contributed by atoms with Gasteiger partial charge in [-0.25, -0.2) is 4.79 Å². The molecule has 0 radical (unpaired) electrons. The first-order chi connectivity index (χ1) is 18.6. The molecule has 0 aromatic heterocycles. The smallest absolute Gasteiger partial charge is 0.346 e. The Bertz CT molecular complexity index is 1280. The van der Waals surface area contributed by atoms with Crippen molar-refractivity contribution in [2.75, 3.05) is 0 Å². The summed E-state index contributed by atoms with van der Waals surface area (Å²) in [6.07, 6.45) is 0.233. The quantitative estimate of drug-likeness (QED) is 0.160. The summed E-state index contributed by atoms with van der Waals surface area (Å²) >= 11 is 0. The molecule has 0 saturated heterocycles. The van der Waals surface area contributed by atoms with E-state index >= 15 is 0 Å². The number of hydrogen-bond acceptors (Lipinski definition) is 7. The average molecular weight is 567 g/mol. The van der Waals surface area contributed by atoms with Crippen LogP contribution in [0.2, 0.25) is 19.6 Å². The van der Waals surface area contributed by atoms with Gasteiger partial charge in [0.25, 0.3) is 6.04 Å². The van der Waals surface area contributed by atoms with Gasteiger partial charge in [-0.2, -0.15) is 0 Å². The lowest BCUT2D eigenvalue weighted by Gasteiger charge is -2.48. The van der Waals surface area contributed by atoms with Crippen LogP contribution in [0.1, 0.15) is 56.6 Å². The van der Waals surface area contributed by atoms with Crippen molar-refractivity contribution in [3.05, 3.63) is 92.0 Å². The van der Waals surface area contributed by atoms with Crippen molar-refractivity contribution in [1.29, 1.82) is 0 Å². The molecule has 1 aliphatic rings. The van der Waals surface area contributed by atoms with Crippen LogP contribution in [-0.4, -0.2) is 52.3 Å². The highest BCUT2D eigenvalue weighted by Crippen LogP contribution is 2.54. The fourth-order valence-corrected chi connectivity index (χ4v) is 6.37. The Morgan fingerprint density at radius 1 is 0.950 bits per heavy atom. The van der Waals surface area contributed by atoms with Gasteiger partial charge in [-0.05, 0) is 38.3 Å². The van der Waals surface area contributed by atoms with Crippen molar-refractivity contribution < 1.29 is 24.5 Å². The highest BCUT2D eigenvalue weighted by molar-refractivity contribution is 6.83. The van der Waals surface area contributed by atoms with Gasteiger partial charge in [-0.3, -0.25) is 20.2 Å². The van der Waals surface area contributed by atoms with Gasteiger partial charge in [0.15, 0.2) is 0 Å². The van der Waals surface area contributed by atoms with Crippen molar-refractivity contribution in [3.8, 4) is 11.5 Å². The molecule has 1 aliphatic carbocycles. The average Bonchev–Trinajstić information content (AvgIpc) is 2.85. The third kappa shape index (κ3) is 6.77. The maximum atomic E-state index is 13.9. The van der Waals surface area contributed by atoms with Crippen LogP contribution in [0.25, 0.3) is 0 Å². The summed E-state index contributed by atoms with van der Waals surface area (Å²) in [7, 11) is -1.76. The minimum Gasteiger partial charge on any atom is -0.458 e. The highest BCUT2D eigenvalue weighted by Gasteiger charge is 2.72. The Morgan fingerprint density at radius 2 is 1.45 bits per heavy atom. The van der Waals surface area contributed by atoms with E-state index in [2.05, 4.69) is 31.1 Å². The Hall–Kier alpha value is -3.55. The molecule has 0 aliphatic heterocycles. The summed E-state index contributed by atoms with van der Waals surface area (Å²) in [5, 5.41) is 38.1. The van der Waals surface area contributed by atoms with E-state index in [0.29, 0.717) is 11.1 Å². The van der Waals surface area contributed by atoms with E-state index in [1.807, 2.05) is 0 Å². The lowest BCUT2D eigenvalue weighted by atomic mass is 9.55. The first kappa shape index (κ1) is 31.0. The number of benzene rings is 2. The van der Waals surface area contributed by atoms with E-state index in [-0.39, 0.29) is 12.8 Å². The van der Waals surface area contributed by atoms with Crippen LogP contribution in [0.5, 0.6) is 0 Å². The maximum absolute atomic E-state index is 13.9. The van der Waals surface area contributed by atoms with E-state index < -0.39 is 64.9 Å². The van der Waals surface area contributed by atoms with Crippen molar-refractivity contribution in [2.24, 2.45) is 5.92 Å². The van der Waals surface area contributed by atoms with Crippen LogP contribution < -0.4 is 0 Å². The van der Waals surface area contributed by atoms with Gasteiger partial charge in [0.1, 0.15) is 19.6 Å². The number of nitro groups is 2. The summed E-state index contributed by atoms with van der Waals surface area (Å²) in [5.74, 6) is -1.72. The Morgan fingerprint density at radius 3 is 1.88 bits per heavy atom. The Kier molecular flexibility index (Phi) is 9.22. The fraction of sp³-hybridized carbons (Fsp3) is 0.500. The molecule has 0 bridgehead atoms. The summed E-state index contributed by atoms with van der Waals surface area (Å²) in [5.41, 5.74) is 0.301. The Balaban J connectivity index is 2.36. The lowest BCUT2D eigenvalue weighted by Crippen LogP contribution is -2.69. The molecule has 0 heterocycles. The molecule has 2 aromatic carbocycles. The number of ether oxygens (including phenoxy) is 1. The van der Waals surface area contributed by atoms with E-state index in [4.69, 9.17) is 4.74 Å². The zero-order valence-electron chi connectivity index (χ0n) is 23.9. The first-order valence-electron chi connectivity index (χ1n) is 13.4. The molecule has 1 saturated carbocycles. The molecule has 214 valence electrons. The molecule has 3 rings (SSSR count). The van der Waals surface area contributed by atoms with Crippen LogP contribution in [0.4, 0.5) is 0 Å². The molecule has 40 heavy (non-hydrogen) atoms. The summed E-state index contributed by atoms with van der Waals surface area (Å²) in [4.78, 5) is 38.4. The van der Waals surface area contributed by atoms with Crippen molar-refractivity contribution in [1.82, 2.24) is 0 Å². The number of aliphatic hydroxyl groups is 1. The molecule has 10 heteroatoms. The summed E-state index contributed by atoms with van der Waals surface area (Å²) in [6, 6.07) is 13.2. The van der Waals surface area contributed by atoms with E-state index in [9.17, 15) is 30.1 Å². The second-order valence-electron chi connectivity index (χ2n) is 12.4. The van der Waals surface area contributed by atoms with Gasteiger partial charge in [-0.1, -0.05) is 80.3 Å². The van der Waals surface area contributed by atoms with E-state index in [0.717, 1.165) is 0 Å². The molecule has 0 spiro atoms. The number of carbonyl (C=O) groups is 1. The largest absolute Gasteiger partial charge is 0.458 e. The molecule has 0 amide bonds. The second-order valence-corrected chi connectivity index (χ2v) is 17.2. The van der Waals surface area contributed by atoms with Gasteiger partial charge in [0.2, 0.25) is 11.6 Å². The monoisotopic (exact) mass is 566 g/mol. The predicted molar refractivity (Wildman–Crippen MR) is 155 cm³/mol. The topological polar surface area (TPSA) is 133 Å². The maximum Gasteiger partial charge on any atom is 0.346 e. The number of hydrogen-bond donors (Lipinski definition) is 1. The van der Waals surface area contributed by atoms with Crippen LogP contribution in [-0.2, 0) is 9.53 Å². The van der Waals surface area contributed by atoms with Crippen LogP contribution in [0, 0.1) is 37.6 Å². The van der Waals surface area contributed by atoms with Crippen LogP contribution in [0.3, 0.4) is 0 Å². The van der Waals surface area contributed by atoms with Crippen molar-refractivity contribution in [3.63, 3.8) is 0 Å². The molecular weight excluding hydrogens is 528 g/mol. The molecule has 0 unspecified atom stereocenters. The minimum absolute atomic E-state index is 0.0307. The van der Waals surface area contributed by atoms with Gasteiger partial charge >= 0.3 is 5.97 Å². The number of esters is 1. The van der Waals surface area contributed by atoms with Crippen LogP contribution >= 0.6 is 0 Å². The summed E-state index contributed by atoms with van der Waals surface area (Å²) < 4.78 is 5.62. The molecule has 1 fully saturated rings. The van der Waals surface area contributed by atoms with Gasteiger partial charge in [0.05, 0.1) is 5.92 Å². The highest BCUT2D eigenvalue weighted by atomic mass is 28.3. The van der Waals surface area contributed by atoms with E-state index in [1.165, 1.54) is 0 Å². The lowest BCUT2D eigenvalue weighted by molar-refractivity contribution is -0.594. The fourth-order valence-electron chi connectivity index (χ4n) is 5.72. The van der Waals surface area contributed by atoms with Gasteiger partial charge < -0.3 is 9.84 Å². The normalized spacial score (nSPS) is 26.7. The molecule has 1 N–H and O–H groups in total. The Labute approximate surface area is 236 Å².